The van der Waals surface area contributed by atoms with Gasteiger partial charge in [0.05, 0.1) is 27.0 Å². The van der Waals surface area contributed by atoms with Gasteiger partial charge >= 0.3 is 0 Å². The second-order valence-corrected chi connectivity index (χ2v) is 8.48. The maximum atomic E-state index is 12.3. The topological polar surface area (TPSA) is 88.2 Å². The maximum absolute atomic E-state index is 12.3. The van der Waals surface area contributed by atoms with Crippen molar-refractivity contribution < 1.29 is 22.7 Å². The molecule has 1 N–H and O–H groups in total. The molecule has 0 radical (unpaired) electrons. The lowest BCUT2D eigenvalue weighted by atomic mass is 10.1. The van der Waals surface area contributed by atoms with Crippen molar-refractivity contribution in [1.82, 2.24) is 9.21 Å². The van der Waals surface area contributed by atoms with Gasteiger partial charge in [-0.25, -0.2) is 12.7 Å². The summed E-state index contributed by atoms with van der Waals surface area (Å²) in [5.41, 5.74) is 0.609. The summed E-state index contributed by atoms with van der Waals surface area (Å²) in [5.74, 6) is 1.07. The molecule has 0 bridgehead atoms. The van der Waals surface area contributed by atoms with E-state index >= 15 is 0 Å². The van der Waals surface area contributed by atoms with Crippen LogP contribution in [0.25, 0.3) is 0 Å². The van der Waals surface area contributed by atoms with Crippen molar-refractivity contribution in [3.8, 4) is 11.5 Å². The first-order chi connectivity index (χ1) is 12.2. The molecule has 8 nitrogen and oxygen atoms in total. The number of rotatable bonds is 7. The molecule has 9 heteroatoms. The number of carbonyl (C=O) groups is 1. The molecule has 0 unspecified atom stereocenters. The van der Waals surface area contributed by atoms with E-state index in [4.69, 9.17) is 9.47 Å². The summed E-state index contributed by atoms with van der Waals surface area (Å²) < 4.78 is 35.1. The summed E-state index contributed by atoms with van der Waals surface area (Å²) in [6.07, 6.45) is 2.64. The van der Waals surface area contributed by atoms with Crippen LogP contribution in [0.4, 0.5) is 5.69 Å². The molecule has 0 spiro atoms. The lowest BCUT2D eigenvalue weighted by molar-refractivity contribution is -0.117. The molecule has 2 rings (SSSR count). The van der Waals surface area contributed by atoms with Crippen LogP contribution in [-0.4, -0.2) is 76.7 Å². The number of ether oxygens (including phenoxy) is 2. The third kappa shape index (κ3) is 5.58. The van der Waals surface area contributed by atoms with Crippen molar-refractivity contribution in [3.63, 3.8) is 0 Å². The molecule has 1 aromatic carbocycles. The number of methoxy groups -OCH3 is 2. The first kappa shape index (κ1) is 20.5. The van der Waals surface area contributed by atoms with E-state index in [0.29, 0.717) is 43.1 Å². The van der Waals surface area contributed by atoms with Gasteiger partial charge in [0.25, 0.3) is 0 Å². The Morgan fingerprint density at radius 3 is 2.19 bits per heavy atom. The molecule has 1 aliphatic rings. The van der Waals surface area contributed by atoms with E-state index in [-0.39, 0.29) is 18.5 Å². The quantitative estimate of drug-likeness (QED) is 0.753. The fourth-order valence-corrected chi connectivity index (χ4v) is 3.75. The lowest BCUT2D eigenvalue weighted by Gasteiger charge is -2.35. The molecule has 0 saturated carbocycles. The van der Waals surface area contributed by atoms with Crippen LogP contribution in [-0.2, 0) is 14.8 Å². The van der Waals surface area contributed by atoms with E-state index in [1.165, 1.54) is 10.6 Å². The zero-order valence-electron chi connectivity index (χ0n) is 15.7. The number of carbonyl (C=O) groups excluding carboxylic acids is 1. The largest absolute Gasteiger partial charge is 0.497 e. The SMILES string of the molecule is COc1cc(NC(=O)CN2CCC(N(C)S(C)(=O)=O)CC2)cc(OC)c1. The predicted octanol–water partition coefficient (Wildman–Crippen LogP) is 0.998. The van der Waals surface area contributed by atoms with E-state index in [0.717, 1.165) is 0 Å². The molecular weight excluding hydrogens is 358 g/mol. The Morgan fingerprint density at radius 2 is 1.73 bits per heavy atom. The summed E-state index contributed by atoms with van der Waals surface area (Å²) >= 11 is 0. The van der Waals surface area contributed by atoms with Crippen LogP contribution in [0.1, 0.15) is 12.8 Å². The molecule has 1 aromatic rings. The number of likely N-dealkylation sites (tertiary alicyclic amines) is 1. The molecular formula is C17H27N3O5S. The van der Waals surface area contributed by atoms with Crippen LogP contribution in [0, 0.1) is 0 Å². The molecule has 26 heavy (non-hydrogen) atoms. The van der Waals surface area contributed by atoms with Gasteiger partial charge in [0.1, 0.15) is 11.5 Å². The fourth-order valence-electron chi connectivity index (χ4n) is 3.00. The summed E-state index contributed by atoms with van der Waals surface area (Å²) in [6, 6.07) is 5.19. The number of amides is 1. The van der Waals surface area contributed by atoms with Gasteiger partial charge in [-0.3, -0.25) is 9.69 Å². The zero-order chi connectivity index (χ0) is 19.3. The number of sulfonamides is 1. The average molecular weight is 385 g/mol. The van der Waals surface area contributed by atoms with Gasteiger partial charge in [0.15, 0.2) is 0 Å². The van der Waals surface area contributed by atoms with Gasteiger partial charge in [-0.05, 0) is 12.8 Å². The minimum absolute atomic E-state index is 0.00745. The predicted molar refractivity (Wildman–Crippen MR) is 100 cm³/mol. The highest BCUT2D eigenvalue weighted by molar-refractivity contribution is 7.88. The summed E-state index contributed by atoms with van der Waals surface area (Å²) in [4.78, 5) is 14.3. The summed E-state index contributed by atoms with van der Waals surface area (Å²) in [7, 11) is 1.53. The van der Waals surface area contributed by atoms with Crippen molar-refractivity contribution in [2.45, 2.75) is 18.9 Å². The van der Waals surface area contributed by atoms with Crippen molar-refractivity contribution >= 4 is 21.6 Å². The van der Waals surface area contributed by atoms with Crippen LogP contribution in [0.5, 0.6) is 11.5 Å². The Hall–Kier alpha value is -1.84. The highest BCUT2D eigenvalue weighted by Gasteiger charge is 2.27. The Balaban J connectivity index is 1.88. The van der Waals surface area contributed by atoms with Crippen molar-refractivity contribution in [2.24, 2.45) is 0 Å². The number of hydrogen-bond donors (Lipinski definition) is 1. The zero-order valence-corrected chi connectivity index (χ0v) is 16.5. The Labute approximate surface area is 155 Å². The van der Waals surface area contributed by atoms with Gasteiger partial charge in [-0.2, -0.15) is 0 Å². The standard InChI is InChI=1S/C17H27N3O5S/c1-19(26(4,22)23)14-5-7-20(8-6-14)12-17(21)18-13-9-15(24-2)11-16(10-13)25-3/h9-11,14H,5-8,12H2,1-4H3,(H,18,21). The lowest BCUT2D eigenvalue weighted by Crippen LogP contribution is -2.47. The van der Waals surface area contributed by atoms with Crippen LogP contribution < -0.4 is 14.8 Å². The van der Waals surface area contributed by atoms with Crippen molar-refractivity contribution in [1.29, 1.82) is 0 Å². The van der Waals surface area contributed by atoms with Crippen molar-refractivity contribution in [3.05, 3.63) is 18.2 Å². The summed E-state index contributed by atoms with van der Waals surface area (Å²) in [5, 5.41) is 2.85. The first-order valence-corrected chi connectivity index (χ1v) is 10.3. The third-order valence-electron chi connectivity index (χ3n) is 4.60. The van der Waals surface area contributed by atoms with Crippen LogP contribution >= 0.6 is 0 Å². The third-order valence-corrected chi connectivity index (χ3v) is 5.94. The second-order valence-electron chi connectivity index (χ2n) is 6.44. The van der Waals surface area contributed by atoms with E-state index < -0.39 is 10.0 Å². The van der Waals surface area contributed by atoms with Gasteiger partial charge in [-0.1, -0.05) is 0 Å². The molecule has 1 amide bonds. The molecule has 1 aliphatic heterocycles. The first-order valence-electron chi connectivity index (χ1n) is 8.41. The number of benzene rings is 1. The molecule has 1 saturated heterocycles. The molecule has 0 atom stereocenters. The molecule has 0 aliphatic carbocycles. The smallest absolute Gasteiger partial charge is 0.238 e. The molecule has 146 valence electrons. The fraction of sp³-hybridized carbons (Fsp3) is 0.588. The Kier molecular flexibility index (Phi) is 6.85. The van der Waals surface area contributed by atoms with E-state index in [1.54, 1.807) is 39.5 Å². The van der Waals surface area contributed by atoms with Crippen LogP contribution in [0.2, 0.25) is 0 Å². The number of anilines is 1. The Bertz CT molecular complexity index is 708. The second kappa shape index (κ2) is 8.70. The summed E-state index contributed by atoms with van der Waals surface area (Å²) in [6.45, 7) is 1.62. The number of piperidine rings is 1. The van der Waals surface area contributed by atoms with Crippen LogP contribution in [0.3, 0.4) is 0 Å². The average Bonchev–Trinajstić information content (AvgIpc) is 2.60. The van der Waals surface area contributed by atoms with Gasteiger partial charge in [0.2, 0.25) is 15.9 Å². The minimum Gasteiger partial charge on any atom is -0.497 e. The molecule has 0 aromatic heterocycles. The maximum Gasteiger partial charge on any atom is 0.238 e. The number of hydrogen-bond acceptors (Lipinski definition) is 6. The van der Waals surface area contributed by atoms with Gasteiger partial charge in [-0.15, -0.1) is 0 Å². The number of nitrogens with zero attached hydrogens (tertiary/aromatic N) is 2. The van der Waals surface area contributed by atoms with E-state index in [1.807, 2.05) is 4.90 Å². The highest BCUT2D eigenvalue weighted by Crippen LogP contribution is 2.26. The van der Waals surface area contributed by atoms with Crippen molar-refractivity contribution in [2.75, 3.05) is 52.5 Å². The molecule has 1 heterocycles. The highest BCUT2D eigenvalue weighted by atomic mass is 32.2. The Morgan fingerprint density at radius 1 is 1.19 bits per heavy atom. The normalized spacial score (nSPS) is 16.5. The monoisotopic (exact) mass is 385 g/mol. The van der Waals surface area contributed by atoms with E-state index in [9.17, 15) is 13.2 Å². The van der Waals surface area contributed by atoms with Crippen LogP contribution in [0.15, 0.2) is 18.2 Å². The molecule has 1 fully saturated rings. The minimum atomic E-state index is -3.19. The number of nitrogens with one attached hydrogen (secondary N) is 1. The van der Waals surface area contributed by atoms with Gasteiger partial charge < -0.3 is 14.8 Å². The van der Waals surface area contributed by atoms with Gasteiger partial charge in [0, 0.05) is 50.1 Å². The van der Waals surface area contributed by atoms with E-state index in [2.05, 4.69) is 5.32 Å².